The SMILES string of the molecule is COC(=O)[C@H]1[C@H](C(=O)OC)[C@@]2(c3ccccc3)O[C@]1(O[Si](C)(C)C(C)(C)C)c1ccccc12. The molecular weight excluding hydrogens is 436 g/mol. The van der Waals surface area contributed by atoms with Gasteiger partial charge in [0.1, 0.15) is 17.4 Å². The molecular formula is C26H32O6Si. The van der Waals surface area contributed by atoms with Crippen molar-refractivity contribution in [2.24, 2.45) is 11.8 Å². The summed E-state index contributed by atoms with van der Waals surface area (Å²) < 4.78 is 24.4. The Morgan fingerprint density at radius 3 is 1.91 bits per heavy atom. The maximum Gasteiger partial charge on any atom is 0.315 e. The summed E-state index contributed by atoms with van der Waals surface area (Å²) in [6, 6.07) is 17.2. The molecule has 4 rings (SSSR count). The second-order valence-electron chi connectivity index (χ2n) is 10.3. The largest absolute Gasteiger partial charge is 0.469 e. The first-order valence-electron chi connectivity index (χ1n) is 11.2. The molecule has 0 amide bonds. The van der Waals surface area contributed by atoms with Crippen molar-refractivity contribution in [1.29, 1.82) is 0 Å². The predicted octanol–water partition coefficient (Wildman–Crippen LogP) is 4.73. The zero-order valence-corrected chi connectivity index (χ0v) is 21.3. The van der Waals surface area contributed by atoms with E-state index in [2.05, 4.69) is 33.9 Å². The van der Waals surface area contributed by atoms with E-state index >= 15 is 0 Å². The summed E-state index contributed by atoms with van der Waals surface area (Å²) in [6.07, 6.45) is 0. The van der Waals surface area contributed by atoms with E-state index in [-0.39, 0.29) is 5.04 Å². The highest BCUT2D eigenvalue weighted by Gasteiger charge is 2.77. The topological polar surface area (TPSA) is 71.1 Å². The van der Waals surface area contributed by atoms with Crippen molar-refractivity contribution in [1.82, 2.24) is 0 Å². The Bertz CT molecular complexity index is 1080. The van der Waals surface area contributed by atoms with Crippen LogP contribution in [0.5, 0.6) is 0 Å². The molecule has 2 aromatic carbocycles. The van der Waals surface area contributed by atoms with E-state index < -0.39 is 43.5 Å². The molecule has 1 saturated heterocycles. The zero-order valence-electron chi connectivity index (χ0n) is 20.3. The molecule has 0 radical (unpaired) electrons. The van der Waals surface area contributed by atoms with Gasteiger partial charge in [0.2, 0.25) is 5.79 Å². The maximum absolute atomic E-state index is 13.4. The molecule has 0 saturated carbocycles. The van der Waals surface area contributed by atoms with Gasteiger partial charge in [0.25, 0.3) is 0 Å². The van der Waals surface area contributed by atoms with Crippen LogP contribution in [-0.2, 0) is 39.6 Å². The summed E-state index contributed by atoms with van der Waals surface area (Å²) in [5, 5.41) is -0.165. The minimum atomic E-state index is -2.50. The number of hydrogen-bond acceptors (Lipinski definition) is 6. The van der Waals surface area contributed by atoms with Crippen LogP contribution < -0.4 is 0 Å². The van der Waals surface area contributed by atoms with Crippen LogP contribution in [0.3, 0.4) is 0 Å². The summed E-state index contributed by atoms with van der Waals surface area (Å²) in [5.74, 6) is -4.57. The molecule has 2 heterocycles. The lowest BCUT2D eigenvalue weighted by molar-refractivity contribution is -0.217. The Morgan fingerprint density at radius 2 is 1.36 bits per heavy atom. The molecule has 2 aromatic rings. The second kappa shape index (κ2) is 7.79. The highest BCUT2D eigenvalue weighted by Crippen LogP contribution is 2.68. The molecule has 2 aliphatic rings. The van der Waals surface area contributed by atoms with E-state index in [4.69, 9.17) is 18.6 Å². The summed E-state index contributed by atoms with van der Waals surface area (Å²) in [7, 11) is 0.152. The predicted molar refractivity (Wildman–Crippen MR) is 126 cm³/mol. The molecule has 2 bridgehead atoms. The van der Waals surface area contributed by atoms with Crippen molar-refractivity contribution in [3.8, 4) is 0 Å². The third-order valence-electron chi connectivity index (χ3n) is 7.52. The standard InChI is InChI=1S/C26H32O6Si/c1-24(2,3)33(6,7)32-26-19-16-12-11-15-18(19)25(31-26,17-13-9-8-10-14-17)20(22(27)29-4)21(26)23(28)30-5/h8-16,20-21H,1-7H3/t20-,21-,25+,26+/m1/s1. The number of benzene rings is 2. The van der Waals surface area contributed by atoms with Crippen molar-refractivity contribution in [3.63, 3.8) is 0 Å². The number of carbonyl (C=O) groups is 2. The molecule has 7 heteroatoms. The second-order valence-corrected chi connectivity index (χ2v) is 15.0. The Labute approximate surface area is 196 Å². The number of fused-ring (bicyclic) bond motifs is 5. The Kier molecular flexibility index (Phi) is 5.59. The number of rotatable bonds is 5. The van der Waals surface area contributed by atoms with Gasteiger partial charge in [-0.25, -0.2) is 0 Å². The third kappa shape index (κ3) is 3.20. The lowest BCUT2D eigenvalue weighted by Gasteiger charge is -2.45. The van der Waals surface area contributed by atoms with Crippen molar-refractivity contribution in [2.45, 2.75) is 50.3 Å². The Balaban J connectivity index is 2.08. The zero-order chi connectivity index (χ0) is 24.2. The van der Waals surface area contributed by atoms with Gasteiger partial charge in [0, 0.05) is 5.56 Å². The van der Waals surface area contributed by atoms with Gasteiger partial charge in [-0.1, -0.05) is 75.4 Å². The number of carbonyl (C=O) groups excluding carboxylic acids is 2. The lowest BCUT2D eigenvalue weighted by atomic mass is 9.65. The van der Waals surface area contributed by atoms with Crippen LogP contribution in [0.25, 0.3) is 0 Å². The van der Waals surface area contributed by atoms with Gasteiger partial charge in [-0.3, -0.25) is 9.59 Å². The molecule has 6 nitrogen and oxygen atoms in total. The molecule has 0 spiro atoms. The molecule has 176 valence electrons. The van der Waals surface area contributed by atoms with Crippen LogP contribution in [0, 0.1) is 11.8 Å². The number of esters is 2. The van der Waals surface area contributed by atoms with Crippen LogP contribution in [0.15, 0.2) is 54.6 Å². The van der Waals surface area contributed by atoms with E-state index in [1.54, 1.807) is 0 Å². The quantitative estimate of drug-likeness (QED) is 0.467. The molecule has 0 aromatic heterocycles. The van der Waals surface area contributed by atoms with Gasteiger partial charge in [0.15, 0.2) is 8.32 Å². The highest BCUT2D eigenvalue weighted by molar-refractivity contribution is 6.74. The van der Waals surface area contributed by atoms with Gasteiger partial charge >= 0.3 is 11.9 Å². The summed E-state index contributed by atoms with van der Waals surface area (Å²) in [6.45, 7) is 10.6. The van der Waals surface area contributed by atoms with Gasteiger partial charge in [-0.05, 0) is 29.3 Å². The molecule has 1 fully saturated rings. The van der Waals surface area contributed by atoms with Gasteiger partial charge in [0.05, 0.1) is 14.2 Å². The molecule has 0 N–H and O–H groups in total. The van der Waals surface area contributed by atoms with E-state index in [1.807, 2.05) is 54.6 Å². The van der Waals surface area contributed by atoms with E-state index in [0.29, 0.717) is 0 Å². The maximum atomic E-state index is 13.4. The first-order valence-corrected chi connectivity index (χ1v) is 14.1. The van der Waals surface area contributed by atoms with Gasteiger partial charge in [-0.2, -0.15) is 0 Å². The smallest absolute Gasteiger partial charge is 0.315 e. The molecule has 0 unspecified atom stereocenters. The van der Waals surface area contributed by atoms with Crippen molar-refractivity contribution in [2.75, 3.05) is 14.2 Å². The molecule has 0 aliphatic carbocycles. The van der Waals surface area contributed by atoms with E-state index in [9.17, 15) is 9.59 Å². The van der Waals surface area contributed by atoms with E-state index in [1.165, 1.54) is 14.2 Å². The lowest BCUT2D eigenvalue weighted by Crippen LogP contribution is -2.54. The average Bonchev–Trinajstić information content (AvgIpc) is 3.25. The number of hydrogen-bond donors (Lipinski definition) is 0. The van der Waals surface area contributed by atoms with Crippen molar-refractivity contribution >= 4 is 20.3 Å². The van der Waals surface area contributed by atoms with Crippen LogP contribution in [0.4, 0.5) is 0 Å². The first-order chi connectivity index (χ1) is 15.5. The van der Waals surface area contributed by atoms with Crippen LogP contribution >= 0.6 is 0 Å². The third-order valence-corrected chi connectivity index (χ3v) is 11.9. The van der Waals surface area contributed by atoms with Crippen LogP contribution in [0.1, 0.15) is 37.5 Å². The van der Waals surface area contributed by atoms with Gasteiger partial charge in [-0.15, -0.1) is 0 Å². The minimum absolute atomic E-state index is 0.165. The summed E-state index contributed by atoms with van der Waals surface area (Å²) in [5.41, 5.74) is 1.09. The fraction of sp³-hybridized carbons (Fsp3) is 0.462. The van der Waals surface area contributed by atoms with Crippen molar-refractivity contribution < 1.29 is 28.2 Å². The fourth-order valence-electron chi connectivity index (χ4n) is 4.97. The molecule has 2 aliphatic heterocycles. The summed E-state index contributed by atoms with van der Waals surface area (Å²) >= 11 is 0. The molecule has 4 atom stereocenters. The Morgan fingerprint density at radius 1 is 0.848 bits per heavy atom. The van der Waals surface area contributed by atoms with Crippen molar-refractivity contribution in [3.05, 3.63) is 71.3 Å². The van der Waals surface area contributed by atoms with E-state index in [0.717, 1.165) is 16.7 Å². The monoisotopic (exact) mass is 468 g/mol. The average molecular weight is 469 g/mol. The fourth-order valence-corrected chi connectivity index (χ4v) is 6.32. The van der Waals surface area contributed by atoms with Crippen LogP contribution in [-0.4, -0.2) is 34.5 Å². The normalized spacial score (nSPS) is 28.3. The Hall–Kier alpha value is -2.48. The number of ether oxygens (including phenoxy) is 3. The van der Waals surface area contributed by atoms with Gasteiger partial charge < -0.3 is 18.6 Å². The highest BCUT2D eigenvalue weighted by atomic mass is 28.4. The minimum Gasteiger partial charge on any atom is -0.469 e. The van der Waals surface area contributed by atoms with Crippen LogP contribution in [0.2, 0.25) is 18.1 Å². The number of methoxy groups -OCH3 is 2. The first kappa shape index (κ1) is 23.7. The summed E-state index contributed by atoms with van der Waals surface area (Å²) in [4.78, 5) is 26.8. The molecule has 33 heavy (non-hydrogen) atoms.